The van der Waals surface area contributed by atoms with Crippen LogP contribution in [0.1, 0.15) is 17.0 Å². The first-order valence-electron chi connectivity index (χ1n) is 6.04. The standard InChI is InChI=1S/C16H15NS/c17-16(14-9-5-2-6-10-14)15(11-12-18-16)13-7-3-1-4-8-13/h1-12,15H,17H2. The van der Waals surface area contributed by atoms with Crippen molar-refractivity contribution in [1.29, 1.82) is 0 Å². The number of hydrogen-bond acceptors (Lipinski definition) is 2. The Kier molecular flexibility index (Phi) is 2.98. The number of hydrogen-bond donors (Lipinski definition) is 1. The van der Waals surface area contributed by atoms with Crippen molar-refractivity contribution in [3.8, 4) is 0 Å². The zero-order chi connectivity index (χ0) is 12.4. The SMILES string of the molecule is NC1(c2ccccc2)SC=CC1c1ccccc1. The van der Waals surface area contributed by atoms with E-state index >= 15 is 0 Å². The first kappa shape index (κ1) is 11.6. The molecule has 2 unspecified atom stereocenters. The Morgan fingerprint density at radius 3 is 2.17 bits per heavy atom. The van der Waals surface area contributed by atoms with Gasteiger partial charge < -0.3 is 5.73 Å². The largest absolute Gasteiger partial charge is 0.312 e. The summed E-state index contributed by atoms with van der Waals surface area (Å²) >= 11 is 1.70. The van der Waals surface area contributed by atoms with Crippen molar-refractivity contribution in [1.82, 2.24) is 0 Å². The third-order valence-electron chi connectivity index (χ3n) is 3.38. The summed E-state index contributed by atoms with van der Waals surface area (Å²) in [7, 11) is 0. The fraction of sp³-hybridized carbons (Fsp3) is 0.125. The molecule has 2 aromatic carbocycles. The van der Waals surface area contributed by atoms with E-state index in [2.05, 4.69) is 47.9 Å². The highest BCUT2D eigenvalue weighted by atomic mass is 32.2. The minimum absolute atomic E-state index is 0.228. The zero-order valence-corrected chi connectivity index (χ0v) is 10.8. The fourth-order valence-electron chi connectivity index (χ4n) is 2.41. The Labute approximate surface area is 112 Å². The maximum atomic E-state index is 6.66. The van der Waals surface area contributed by atoms with Gasteiger partial charge in [-0.3, -0.25) is 0 Å². The van der Waals surface area contributed by atoms with Gasteiger partial charge in [-0.2, -0.15) is 0 Å². The van der Waals surface area contributed by atoms with Gasteiger partial charge in [-0.05, 0) is 16.5 Å². The fourth-order valence-corrected chi connectivity index (χ4v) is 3.51. The molecule has 2 atom stereocenters. The van der Waals surface area contributed by atoms with Crippen LogP contribution in [0.4, 0.5) is 0 Å². The van der Waals surface area contributed by atoms with Crippen LogP contribution in [0.3, 0.4) is 0 Å². The summed E-state index contributed by atoms with van der Waals surface area (Å²) in [6.45, 7) is 0. The molecule has 0 radical (unpaired) electrons. The van der Waals surface area contributed by atoms with Gasteiger partial charge in [-0.25, -0.2) is 0 Å². The normalized spacial score (nSPS) is 26.4. The van der Waals surface area contributed by atoms with Crippen molar-refractivity contribution < 1.29 is 0 Å². The predicted octanol–water partition coefficient (Wildman–Crippen LogP) is 3.84. The molecule has 0 aromatic heterocycles. The highest BCUT2D eigenvalue weighted by Crippen LogP contribution is 2.49. The van der Waals surface area contributed by atoms with E-state index in [4.69, 9.17) is 5.73 Å². The first-order valence-corrected chi connectivity index (χ1v) is 6.92. The Bertz CT molecular complexity index is 550. The van der Waals surface area contributed by atoms with E-state index in [1.54, 1.807) is 11.8 Å². The Morgan fingerprint density at radius 1 is 0.889 bits per heavy atom. The van der Waals surface area contributed by atoms with Crippen molar-refractivity contribution >= 4 is 11.8 Å². The third kappa shape index (κ3) is 1.88. The summed E-state index contributed by atoms with van der Waals surface area (Å²) < 4.78 is 0. The molecule has 0 fully saturated rings. The summed E-state index contributed by atoms with van der Waals surface area (Å²) in [6.07, 6.45) is 2.20. The molecule has 0 bridgehead atoms. The molecule has 2 aromatic rings. The molecule has 0 aliphatic carbocycles. The summed E-state index contributed by atoms with van der Waals surface area (Å²) in [6, 6.07) is 20.8. The first-order chi connectivity index (χ1) is 8.81. The van der Waals surface area contributed by atoms with Gasteiger partial charge >= 0.3 is 0 Å². The molecule has 2 heteroatoms. The van der Waals surface area contributed by atoms with Crippen molar-refractivity contribution in [2.75, 3.05) is 0 Å². The number of nitrogens with two attached hydrogens (primary N) is 1. The minimum atomic E-state index is -0.386. The maximum Gasteiger partial charge on any atom is 0.102 e. The van der Waals surface area contributed by atoms with Gasteiger partial charge in [0.05, 0.1) is 0 Å². The van der Waals surface area contributed by atoms with E-state index in [-0.39, 0.29) is 10.8 Å². The van der Waals surface area contributed by atoms with Gasteiger partial charge in [0.2, 0.25) is 0 Å². The van der Waals surface area contributed by atoms with Crippen LogP contribution in [0.2, 0.25) is 0 Å². The molecule has 18 heavy (non-hydrogen) atoms. The highest BCUT2D eigenvalue weighted by Gasteiger charge is 2.39. The quantitative estimate of drug-likeness (QED) is 0.880. The lowest BCUT2D eigenvalue weighted by Gasteiger charge is -2.31. The average Bonchev–Trinajstić information content (AvgIpc) is 2.84. The van der Waals surface area contributed by atoms with Gasteiger partial charge in [0.1, 0.15) is 4.87 Å². The molecule has 0 saturated carbocycles. The molecular weight excluding hydrogens is 238 g/mol. The van der Waals surface area contributed by atoms with Gasteiger partial charge in [0.15, 0.2) is 0 Å². The highest BCUT2D eigenvalue weighted by molar-refractivity contribution is 8.03. The second kappa shape index (κ2) is 4.63. The van der Waals surface area contributed by atoms with Crippen molar-refractivity contribution in [2.45, 2.75) is 10.8 Å². The number of benzene rings is 2. The van der Waals surface area contributed by atoms with Crippen LogP contribution in [-0.4, -0.2) is 0 Å². The second-order valence-electron chi connectivity index (χ2n) is 4.49. The molecule has 90 valence electrons. The maximum absolute atomic E-state index is 6.66. The molecule has 1 aliphatic heterocycles. The molecule has 3 rings (SSSR count). The van der Waals surface area contributed by atoms with E-state index in [9.17, 15) is 0 Å². The summed E-state index contributed by atoms with van der Waals surface area (Å²) in [5.41, 5.74) is 9.10. The monoisotopic (exact) mass is 253 g/mol. The van der Waals surface area contributed by atoms with E-state index in [0.717, 1.165) is 0 Å². The molecule has 0 spiro atoms. The lowest BCUT2D eigenvalue weighted by Crippen LogP contribution is -2.36. The summed E-state index contributed by atoms with van der Waals surface area (Å²) in [5, 5.41) is 2.12. The Hall–Kier alpha value is -1.51. The van der Waals surface area contributed by atoms with Gasteiger partial charge in [-0.15, -0.1) is 11.8 Å². The van der Waals surface area contributed by atoms with Gasteiger partial charge in [0, 0.05) is 5.92 Å². The molecule has 0 amide bonds. The van der Waals surface area contributed by atoms with Crippen LogP contribution in [-0.2, 0) is 4.87 Å². The predicted molar refractivity (Wildman–Crippen MR) is 78.2 cm³/mol. The van der Waals surface area contributed by atoms with E-state index in [0.29, 0.717) is 0 Å². The second-order valence-corrected chi connectivity index (χ2v) is 5.68. The number of rotatable bonds is 2. The van der Waals surface area contributed by atoms with Crippen molar-refractivity contribution in [3.05, 3.63) is 83.3 Å². The van der Waals surface area contributed by atoms with Gasteiger partial charge in [-0.1, -0.05) is 66.7 Å². The average molecular weight is 253 g/mol. The van der Waals surface area contributed by atoms with E-state index in [1.165, 1.54) is 11.1 Å². The molecule has 2 N–H and O–H groups in total. The van der Waals surface area contributed by atoms with Crippen LogP contribution in [0.25, 0.3) is 0 Å². The Balaban J connectivity index is 2.03. The smallest absolute Gasteiger partial charge is 0.102 e. The van der Waals surface area contributed by atoms with Crippen LogP contribution in [0, 0.1) is 0 Å². The van der Waals surface area contributed by atoms with Crippen molar-refractivity contribution in [3.63, 3.8) is 0 Å². The van der Waals surface area contributed by atoms with Gasteiger partial charge in [0.25, 0.3) is 0 Å². The molecule has 1 heterocycles. The van der Waals surface area contributed by atoms with Crippen LogP contribution >= 0.6 is 11.8 Å². The molecule has 1 nitrogen and oxygen atoms in total. The van der Waals surface area contributed by atoms with Crippen LogP contribution in [0.15, 0.2) is 72.1 Å². The summed E-state index contributed by atoms with van der Waals surface area (Å²) in [5.74, 6) is 0.228. The number of thioether (sulfide) groups is 1. The van der Waals surface area contributed by atoms with E-state index in [1.807, 2.05) is 24.3 Å². The van der Waals surface area contributed by atoms with Crippen LogP contribution in [0.5, 0.6) is 0 Å². The lowest BCUT2D eigenvalue weighted by atomic mass is 9.87. The lowest BCUT2D eigenvalue weighted by molar-refractivity contribution is 0.595. The van der Waals surface area contributed by atoms with E-state index < -0.39 is 0 Å². The van der Waals surface area contributed by atoms with Crippen molar-refractivity contribution in [2.24, 2.45) is 5.73 Å². The molecular formula is C16H15NS. The summed E-state index contributed by atoms with van der Waals surface area (Å²) in [4.78, 5) is -0.386. The minimum Gasteiger partial charge on any atom is -0.312 e. The topological polar surface area (TPSA) is 26.0 Å². The molecule has 1 aliphatic rings. The van der Waals surface area contributed by atoms with Crippen LogP contribution < -0.4 is 5.73 Å². The third-order valence-corrected chi connectivity index (χ3v) is 4.55. The molecule has 0 saturated heterocycles. The zero-order valence-electron chi connectivity index (χ0n) is 9.99. The Morgan fingerprint density at radius 2 is 1.50 bits per heavy atom.